The second kappa shape index (κ2) is 3.90. The summed E-state index contributed by atoms with van der Waals surface area (Å²) in [6, 6.07) is 0. The van der Waals surface area contributed by atoms with Crippen LogP contribution in [-0.2, 0) is 9.53 Å². The van der Waals surface area contributed by atoms with Gasteiger partial charge in [-0.1, -0.05) is 26.3 Å². The lowest BCUT2D eigenvalue weighted by atomic mass is 9.85. The maximum atomic E-state index is 11.7. The highest BCUT2D eigenvalue weighted by Gasteiger charge is 2.54. The third kappa shape index (κ3) is 1.68. The maximum Gasteiger partial charge on any atom is 0.333 e. The Hall–Kier alpha value is -0.790. The van der Waals surface area contributed by atoms with E-state index in [0.29, 0.717) is 17.4 Å². The highest BCUT2D eigenvalue weighted by Crippen LogP contribution is 2.54. The van der Waals surface area contributed by atoms with E-state index in [2.05, 4.69) is 20.4 Å². The summed E-state index contributed by atoms with van der Waals surface area (Å²) in [6.45, 7) is 9.72. The average molecular weight is 222 g/mol. The molecule has 0 aromatic heterocycles. The third-order valence-corrected chi connectivity index (χ3v) is 4.69. The quantitative estimate of drug-likeness (QED) is 0.529. The van der Waals surface area contributed by atoms with Crippen LogP contribution in [0.2, 0.25) is 0 Å². The number of hydrogen-bond donors (Lipinski definition) is 0. The zero-order chi connectivity index (χ0) is 11.9. The predicted molar refractivity (Wildman–Crippen MR) is 63.9 cm³/mol. The zero-order valence-corrected chi connectivity index (χ0v) is 10.6. The van der Waals surface area contributed by atoms with Gasteiger partial charge in [-0.15, -0.1) is 0 Å². The summed E-state index contributed by atoms with van der Waals surface area (Å²) in [5.74, 6) is 1.61. The van der Waals surface area contributed by atoms with Crippen LogP contribution < -0.4 is 0 Å². The predicted octanol–water partition coefficient (Wildman–Crippen LogP) is 3.32. The monoisotopic (exact) mass is 222 g/mol. The summed E-state index contributed by atoms with van der Waals surface area (Å²) >= 11 is 0. The van der Waals surface area contributed by atoms with Gasteiger partial charge in [-0.25, -0.2) is 4.79 Å². The Labute approximate surface area is 98.1 Å². The molecule has 0 aromatic carbocycles. The minimum atomic E-state index is -0.253. The lowest BCUT2D eigenvalue weighted by Crippen LogP contribution is -2.40. The van der Waals surface area contributed by atoms with Gasteiger partial charge in [-0.3, -0.25) is 0 Å². The summed E-state index contributed by atoms with van der Waals surface area (Å²) in [4.78, 5) is 11.7. The fraction of sp³-hybridized carbons (Fsp3) is 0.786. The molecule has 0 N–H and O–H groups in total. The van der Waals surface area contributed by atoms with Crippen LogP contribution in [0.25, 0.3) is 0 Å². The molecule has 0 bridgehead atoms. The summed E-state index contributed by atoms with van der Waals surface area (Å²) < 4.78 is 5.75. The molecule has 2 rings (SSSR count). The van der Waals surface area contributed by atoms with Crippen LogP contribution in [-0.4, -0.2) is 11.6 Å². The zero-order valence-electron chi connectivity index (χ0n) is 10.6. The number of rotatable bonds is 2. The van der Waals surface area contributed by atoms with E-state index in [-0.39, 0.29) is 11.6 Å². The molecule has 90 valence electrons. The smallest absolute Gasteiger partial charge is 0.333 e. The minimum Gasteiger partial charge on any atom is -0.455 e. The van der Waals surface area contributed by atoms with Crippen LogP contribution in [0.15, 0.2) is 12.2 Å². The topological polar surface area (TPSA) is 26.3 Å². The average Bonchev–Trinajstić information content (AvgIpc) is 2.72. The van der Waals surface area contributed by atoms with E-state index < -0.39 is 0 Å². The number of carbonyl (C=O) groups is 1. The van der Waals surface area contributed by atoms with Crippen molar-refractivity contribution in [1.29, 1.82) is 0 Å². The largest absolute Gasteiger partial charge is 0.455 e. The van der Waals surface area contributed by atoms with Gasteiger partial charge < -0.3 is 4.74 Å². The number of esters is 1. The molecule has 2 fully saturated rings. The van der Waals surface area contributed by atoms with E-state index >= 15 is 0 Å². The minimum absolute atomic E-state index is 0.220. The molecule has 2 nitrogen and oxygen atoms in total. The highest BCUT2D eigenvalue weighted by molar-refractivity contribution is 5.87. The van der Waals surface area contributed by atoms with Crippen molar-refractivity contribution in [3.8, 4) is 0 Å². The highest BCUT2D eigenvalue weighted by atomic mass is 16.6. The standard InChI is InChI=1S/C14H22O2/c1-9(2)13(15)16-14(4)10(3)8-11-6-5-7-12(11)14/h10-12H,1,5-8H2,2-4H3. The van der Waals surface area contributed by atoms with Gasteiger partial charge in [0.25, 0.3) is 0 Å². The summed E-state index contributed by atoms with van der Waals surface area (Å²) in [5, 5.41) is 0. The van der Waals surface area contributed by atoms with Gasteiger partial charge >= 0.3 is 5.97 Å². The first-order valence-corrected chi connectivity index (χ1v) is 6.34. The molecule has 0 heterocycles. The Balaban J connectivity index is 2.16. The normalized spacial score (nSPS) is 41.8. The van der Waals surface area contributed by atoms with Crippen LogP contribution in [0.5, 0.6) is 0 Å². The van der Waals surface area contributed by atoms with Gasteiger partial charge in [0.1, 0.15) is 5.60 Å². The van der Waals surface area contributed by atoms with Crippen LogP contribution >= 0.6 is 0 Å². The van der Waals surface area contributed by atoms with Crippen LogP contribution in [0.1, 0.15) is 46.5 Å². The Morgan fingerprint density at radius 2 is 2.12 bits per heavy atom. The first-order valence-electron chi connectivity index (χ1n) is 6.34. The summed E-state index contributed by atoms with van der Waals surface area (Å²) in [6.07, 6.45) is 5.04. The second-order valence-corrected chi connectivity index (χ2v) is 5.79. The molecule has 2 aliphatic rings. The molecule has 2 heteroatoms. The number of ether oxygens (including phenoxy) is 1. The molecule has 0 spiro atoms. The molecule has 2 saturated carbocycles. The van der Waals surface area contributed by atoms with Crippen LogP contribution in [0.3, 0.4) is 0 Å². The number of carbonyl (C=O) groups excluding carboxylic acids is 1. The third-order valence-electron chi connectivity index (χ3n) is 4.69. The van der Waals surface area contributed by atoms with E-state index in [1.807, 2.05) is 0 Å². The van der Waals surface area contributed by atoms with Crippen LogP contribution in [0.4, 0.5) is 0 Å². The van der Waals surface area contributed by atoms with Gasteiger partial charge in [-0.2, -0.15) is 0 Å². The van der Waals surface area contributed by atoms with E-state index in [0.717, 1.165) is 5.92 Å². The molecule has 4 unspecified atom stereocenters. The Morgan fingerprint density at radius 3 is 2.75 bits per heavy atom. The molecule has 0 aromatic rings. The lowest BCUT2D eigenvalue weighted by molar-refractivity contribution is -0.161. The Kier molecular flexibility index (Phi) is 2.85. The molecule has 2 aliphatic carbocycles. The SMILES string of the molecule is C=C(C)C(=O)OC1(C)C(C)CC2CCCC21. The molecule has 0 aliphatic heterocycles. The summed E-state index contributed by atoms with van der Waals surface area (Å²) in [5.41, 5.74) is 0.256. The van der Waals surface area contributed by atoms with Crippen molar-refractivity contribution in [1.82, 2.24) is 0 Å². The first-order chi connectivity index (χ1) is 7.45. The van der Waals surface area contributed by atoms with Gasteiger partial charge in [0.05, 0.1) is 0 Å². The lowest BCUT2D eigenvalue weighted by Gasteiger charge is -2.34. The Morgan fingerprint density at radius 1 is 1.44 bits per heavy atom. The van der Waals surface area contributed by atoms with E-state index in [4.69, 9.17) is 4.74 Å². The van der Waals surface area contributed by atoms with Crippen molar-refractivity contribution >= 4 is 5.97 Å². The van der Waals surface area contributed by atoms with Crippen molar-refractivity contribution in [3.05, 3.63) is 12.2 Å². The van der Waals surface area contributed by atoms with Gasteiger partial charge in [0.15, 0.2) is 0 Å². The van der Waals surface area contributed by atoms with Crippen LogP contribution in [0, 0.1) is 17.8 Å². The fourth-order valence-corrected chi connectivity index (χ4v) is 3.59. The number of fused-ring (bicyclic) bond motifs is 1. The molecule has 16 heavy (non-hydrogen) atoms. The maximum absolute atomic E-state index is 11.7. The van der Waals surface area contributed by atoms with Crippen molar-refractivity contribution in [2.24, 2.45) is 17.8 Å². The molecular weight excluding hydrogens is 200 g/mol. The van der Waals surface area contributed by atoms with E-state index in [1.165, 1.54) is 25.7 Å². The summed E-state index contributed by atoms with van der Waals surface area (Å²) in [7, 11) is 0. The second-order valence-electron chi connectivity index (χ2n) is 5.79. The molecular formula is C14H22O2. The van der Waals surface area contributed by atoms with Crippen molar-refractivity contribution in [2.75, 3.05) is 0 Å². The van der Waals surface area contributed by atoms with Crippen molar-refractivity contribution < 1.29 is 9.53 Å². The van der Waals surface area contributed by atoms with Gasteiger partial charge in [0.2, 0.25) is 0 Å². The van der Waals surface area contributed by atoms with E-state index in [9.17, 15) is 4.79 Å². The fourth-order valence-electron chi connectivity index (χ4n) is 3.59. The molecule has 4 atom stereocenters. The number of hydrogen-bond acceptors (Lipinski definition) is 2. The molecule has 0 amide bonds. The first kappa shape index (κ1) is 11.7. The molecule has 0 saturated heterocycles. The van der Waals surface area contributed by atoms with Gasteiger partial charge in [-0.05, 0) is 38.5 Å². The van der Waals surface area contributed by atoms with Gasteiger partial charge in [0, 0.05) is 11.5 Å². The Bertz CT molecular complexity index is 321. The van der Waals surface area contributed by atoms with Crippen molar-refractivity contribution in [3.63, 3.8) is 0 Å². The molecule has 0 radical (unpaired) electrons. The van der Waals surface area contributed by atoms with Crippen molar-refractivity contribution in [2.45, 2.75) is 52.1 Å². The van der Waals surface area contributed by atoms with E-state index in [1.54, 1.807) is 6.92 Å².